The molecule has 3 heteroatoms. The number of rotatable bonds is 2. The molecule has 0 heterocycles. The van der Waals surface area contributed by atoms with Gasteiger partial charge in [0.15, 0.2) is 0 Å². The molecule has 0 aliphatic carbocycles. The first kappa shape index (κ1) is 16.1. The van der Waals surface area contributed by atoms with Crippen molar-refractivity contribution in [3.63, 3.8) is 0 Å². The van der Waals surface area contributed by atoms with Crippen molar-refractivity contribution in [2.24, 2.45) is 0 Å². The fourth-order valence-electron chi connectivity index (χ4n) is 0.155. The maximum atomic E-state index is 6.44. The smallest absolute Gasteiger partial charge is 1.00 e. The van der Waals surface area contributed by atoms with E-state index >= 15 is 0 Å². The zero-order valence-electron chi connectivity index (χ0n) is 4.58. The van der Waals surface area contributed by atoms with Gasteiger partial charge in [0.2, 0.25) is 0 Å². The van der Waals surface area contributed by atoms with Crippen molar-refractivity contribution in [1.29, 1.82) is 0 Å². The van der Waals surface area contributed by atoms with Crippen molar-refractivity contribution in [1.82, 2.24) is 0 Å². The van der Waals surface area contributed by atoms with E-state index in [1.165, 1.54) is 0 Å². The summed E-state index contributed by atoms with van der Waals surface area (Å²) in [5, 5.41) is 0.985. The third-order valence-electron chi connectivity index (χ3n) is 0.435. The molecule has 0 aliphatic rings. The van der Waals surface area contributed by atoms with Gasteiger partial charge in [0.05, 0.1) is 0 Å². The van der Waals surface area contributed by atoms with Crippen LogP contribution in [-0.4, -0.2) is 28.4 Å². The number of halogens is 2. The molecule has 0 fully saturated rings. The van der Waals surface area contributed by atoms with Crippen molar-refractivity contribution in [2.75, 3.05) is 5.33 Å². The molecule has 0 rings (SSSR count). The Kier molecular flexibility index (Phi) is 31.8. The largest absolute Gasteiger partial charge is 2.00 e. The van der Waals surface area contributed by atoms with Crippen molar-refractivity contribution < 1.29 is 17.0 Å². The van der Waals surface area contributed by atoms with Crippen LogP contribution in [0.4, 0.5) is 0 Å². The van der Waals surface area contributed by atoms with Crippen LogP contribution in [-0.2, 0) is 0 Å². The minimum atomic E-state index is 0. The van der Waals surface area contributed by atoms with E-state index < -0.39 is 0 Å². The van der Waals surface area contributed by atoms with Gasteiger partial charge in [-0.2, -0.15) is 0 Å². The van der Waals surface area contributed by atoms with Gasteiger partial charge < -0.3 is 29.3 Å². The molecular weight excluding hydrogens is 244 g/mol. The number of hydrogen-bond donors (Lipinski definition) is 0. The summed E-state index contributed by atoms with van der Waals surface area (Å²) in [7, 11) is 0. The standard InChI is InChI=1S/C5H6Br.BrH.Mg/c1-2-3-4-5-6;;/h3-5H2;1H;/q-1;;+2/p-1. The first-order chi connectivity index (χ1) is 2.91. The van der Waals surface area contributed by atoms with E-state index in [1.807, 2.05) is 0 Å². The summed E-state index contributed by atoms with van der Waals surface area (Å²) >= 11 is 3.23. The fraction of sp³-hybridized carbons (Fsp3) is 0.600. The predicted molar refractivity (Wildman–Crippen MR) is 35.9 cm³/mol. The first-order valence-electron chi connectivity index (χ1n) is 1.87. The van der Waals surface area contributed by atoms with Crippen LogP contribution in [0.2, 0.25) is 0 Å². The molecule has 0 atom stereocenters. The summed E-state index contributed by atoms with van der Waals surface area (Å²) in [5.74, 6) is 2.29. The second kappa shape index (κ2) is 15.7. The molecule has 0 aliphatic heterocycles. The molecule has 0 amide bonds. The third-order valence-corrected chi connectivity index (χ3v) is 0.996. The average Bonchev–Trinajstić information content (AvgIpc) is 1.61. The molecule has 0 aromatic heterocycles. The maximum absolute atomic E-state index is 6.44. The minimum Gasteiger partial charge on any atom is -1.00 e. The molecule has 0 spiro atoms. The molecule has 0 saturated carbocycles. The number of alkyl halides is 1. The number of hydrogen-bond acceptors (Lipinski definition) is 0. The molecule has 0 saturated heterocycles. The SMILES string of the molecule is [Br-].[C-]#CCCCBr.[Mg+2]. The van der Waals surface area contributed by atoms with Crippen molar-refractivity contribution in [2.45, 2.75) is 12.8 Å². The van der Waals surface area contributed by atoms with Crippen LogP contribution in [0.3, 0.4) is 0 Å². The Morgan fingerprint density at radius 2 is 2.00 bits per heavy atom. The van der Waals surface area contributed by atoms with E-state index in [4.69, 9.17) is 6.42 Å². The first-order valence-corrected chi connectivity index (χ1v) is 2.99. The molecule has 0 aromatic carbocycles. The second-order valence-electron chi connectivity index (χ2n) is 0.969. The molecule has 0 nitrogen and oxygen atoms in total. The van der Waals surface area contributed by atoms with E-state index in [0.717, 1.165) is 18.2 Å². The van der Waals surface area contributed by atoms with Gasteiger partial charge in [-0.3, -0.25) is 0 Å². The van der Waals surface area contributed by atoms with Crippen LogP contribution in [0, 0.1) is 12.3 Å². The summed E-state index contributed by atoms with van der Waals surface area (Å²) in [6.07, 6.45) is 8.25. The molecule has 0 N–H and O–H groups in total. The molecule has 8 heavy (non-hydrogen) atoms. The van der Waals surface area contributed by atoms with Gasteiger partial charge in [0.25, 0.3) is 0 Å². The van der Waals surface area contributed by atoms with Crippen LogP contribution >= 0.6 is 15.9 Å². The summed E-state index contributed by atoms with van der Waals surface area (Å²) in [6.45, 7) is 0. The summed E-state index contributed by atoms with van der Waals surface area (Å²) in [6, 6.07) is 0. The molecule has 0 unspecified atom stereocenters. The van der Waals surface area contributed by atoms with Crippen LogP contribution < -0.4 is 17.0 Å². The van der Waals surface area contributed by atoms with Gasteiger partial charge in [-0.25, -0.2) is 0 Å². The second-order valence-corrected chi connectivity index (χ2v) is 1.76. The molecule has 42 valence electrons. The fourth-order valence-corrected chi connectivity index (χ4v) is 0.436. The normalized spacial score (nSPS) is 5.50. The average molecular weight is 250 g/mol. The van der Waals surface area contributed by atoms with Gasteiger partial charge in [0.1, 0.15) is 0 Å². The van der Waals surface area contributed by atoms with Crippen molar-refractivity contribution in [3.8, 4) is 5.92 Å². The summed E-state index contributed by atoms with van der Waals surface area (Å²) < 4.78 is 0. The van der Waals surface area contributed by atoms with E-state index in [2.05, 4.69) is 21.9 Å². The van der Waals surface area contributed by atoms with E-state index in [0.29, 0.717) is 0 Å². The van der Waals surface area contributed by atoms with E-state index in [9.17, 15) is 0 Å². The van der Waals surface area contributed by atoms with Crippen LogP contribution in [0.5, 0.6) is 0 Å². The van der Waals surface area contributed by atoms with Gasteiger partial charge in [-0.15, -0.1) is 0 Å². The number of unbranched alkanes of at least 4 members (excludes halogenated alkanes) is 1. The third kappa shape index (κ3) is 15.7. The van der Waals surface area contributed by atoms with Crippen LogP contribution in [0.1, 0.15) is 12.8 Å². The molecular formula is C5H6Br2Mg. The Balaban J connectivity index is -0.000000125. The van der Waals surface area contributed by atoms with E-state index in [-0.39, 0.29) is 40.0 Å². The quantitative estimate of drug-likeness (QED) is 0.182. The van der Waals surface area contributed by atoms with Gasteiger partial charge >= 0.3 is 23.1 Å². The van der Waals surface area contributed by atoms with Gasteiger partial charge in [-0.1, -0.05) is 15.9 Å². The molecule has 0 radical (unpaired) electrons. The predicted octanol–water partition coefficient (Wildman–Crippen LogP) is -1.63. The zero-order chi connectivity index (χ0) is 4.83. The Labute approximate surface area is 85.8 Å². The monoisotopic (exact) mass is 248 g/mol. The molecule has 0 aromatic rings. The summed E-state index contributed by atoms with van der Waals surface area (Å²) in [4.78, 5) is 0. The zero-order valence-corrected chi connectivity index (χ0v) is 9.17. The van der Waals surface area contributed by atoms with E-state index in [1.54, 1.807) is 0 Å². The van der Waals surface area contributed by atoms with Gasteiger partial charge in [0, 0.05) is 5.33 Å². The Morgan fingerprint density at radius 1 is 1.50 bits per heavy atom. The minimum absolute atomic E-state index is 0. The van der Waals surface area contributed by atoms with Crippen LogP contribution in [0.25, 0.3) is 0 Å². The molecule has 0 bridgehead atoms. The van der Waals surface area contributed by atoms with Crippen LogP contribution in [0.15, 0.2) is 0 Å². The Hall–Kier alpha value is 1.29. The Bertz CT molecular complexity index is 57.9. The maximum Gasteiger partial charge on any atom is 2.00 e. The van der Waals surface area contributed by atoms with Gasteiger partial charge in [-0.05, 0) is 12.8 Å². The Morgan fingerprint density at radius 3 is 2.12 bits per heavy atom. The van der Waals surface area contributed by atoms with Crippen molar-refractivity contribution in [3.05, 3.63) is 6.42 Å². The summed E-state index contributed by atoms with van der Waals surface area (Å²) in [5.41, 5.74) is 0. The topological polar surface area (TPSA) is 0 Å². The van der Waals surface area contributed by atoms with Crippen molar-refractivity contribution >= 4 is 39.0 Å².